The van der Waals surface area contributed by atoms with Gasteiger partial charge in [-0.3, -0.25) is 14.1 Å². The van der Waals surface area contributed by atoms with Crippen LogP contribution in [0.4, 0.5) is 0 Å². The number of imidazole rings is 1. The molecule has 1 saturated carbocycles. The molecular weight excluding hydrogens is 448 g/mol. The maximum Gasteiger partial charge on any atom is 0.330 e. The molecule has 32 heavy (non-hydrogen) atoms. The van der Waals surface area contributed by atoms with E-state index in [-0.39, 0.29) is 17.0 Å². The average molecular weight is 473 g/mol. The quantitative estimate of drug-likeness (QED) is 0.410. The Balaban J connectivity index is 1.62. The third kappa shape index (κ3) is 3.75. The minimum atomic E-state index is -3.05. The molecule has 0 amide bonds. The van der Waals surface area contributed by atoms with Gasteiger partial charge in [0.15, 0.2) is 0 Å². The predicted octanol–water partition coefficient (Wildman–Crippen LogP) is 3.80. The Hall–Kier alpha value is -2.58. The highest BCUT2D eigenvalue weighted by Gasteiger charge is 2.42. The van der Waals surface area contributed by atoms with Gasteiger partial charge in [-0.1, -0.05) is 11.6 Å². The second-order valence-corrected chi connectivity index (χ2v) is 11.7. The summed E-state index contributed by atoms with van der Waals surface area (Å²) in [6.07, 6.45) is 7.18. The molecule has 1 fully saturated rings. The number of benzene rings is 1. The number of hydrogen-bond donors (Lipinski definition) is 0. The summed E-state index contributed by atoms with van der Waals surface area (Å²) in [5.41, 5.74) is 3.42. The molecule has 0 N–H and O–H groups in total. The van der Waals surface area contributed by atoms with Crippen molar-refractivity contribution in [1.82, 2.24) is 18.7 Å². The van der Waals surface area contributed by atoms with Crippen LogP contribution < -0.4 is 5.69 Å². The monoisotopic (exact) mass is 472 g/mol. The fraction of sp³-hybridized carbons (Fsp3) is 0.391. The van der Waals surface area contributed by atoms with Crippen molar-refractivity contribution in [2.45, 2.75) is 44.8 Å². The SMILES string of the molecule is CC1(n2c(=O)n(Cc3cc4cc(Cl)ccc4n3CCCS(C)(=O)=O)c3cnccc32)CC1. The van der Waals surface area contributed by atoms with Crippen LogP contribution in [0.5, 0.6) is 0 Å². The summed E-state index contributed by atoms with van der Waals surface area (Å²) in [5.74, 6) is 0.112. The topological polar surface area (TPSA) is 78.9 Å². The van der Waals surface area contributed by atoms with E-state index in [1.807, 2.05) is 34.9 Å². The Kier molecular flexibility index (Phi) is 4.98. The molecule has 7 nitrogen and oxygen atoms in total. The van der Waals surface area contributed by atoms with E-state index in [0.29, 0.717) is 24.5 Å². The summed E-state index contributed by atoms with van der Waals surface area (Å²) < 4.78 is 29.1. The first-order valence-electron chi connectivity index (χ1n) is 10.7. The Bertz CT molecular complexity index is 1510. The molecule has 0 atom stereocenters. The number of aryl methyl sites for hydroxylation is 1. The lowest BCUT2D eigenvalue weighted by molar-refractivity contribution is 0.513. The van der Waals surface area contributed by atoms with E-state index in [4.69, 9.17) is 11.6 Å². The van der Waals surface area contributed by atoms with Crippen molar-refractivity contribution in [2.24, 2.45) is 0 Å². The Morgan fingerprint density at radius 2 is 1.88 bits per heavy atom. The number of nitrogens with zero attached hydrogens (tertiary/aromatic N) is 4. The number of fused-ring (bicyclic) bond motifs is 2. The lowest BCUT2D eigenvalue weighted by atomic mass is 10.2. The summed E-state index contributed by atoms with van der Waals surface area (Å²) >= 11 is 6.21. The summed E-state index contributed by atoms with van der Waals surface area (Å²) in [6.45, 7) is 3.02. The second-order valence-electron chi connectivity index (χ2n) is 9.04. The van der Waals surface area contributed by atoms with E-state index in [1.54, 1.807) is 17.0 Å². The van der Waals surface area contributed by atoms with Crippen molar-refractivity contribution in [2.75, 3.05) is 12.0 Å². The first kappa shape index (κ1) is 21.3. The smallest absolute Gasteiger partial charge is 0.330 e. The molecule has 168 valence electrons. The van der Waals surface area contributed by atoms with Crippen molar-refractivity contribution < 1.29 is 8.42 Å². The maximum atomic E-state index is 13.5. The van der Waals surface area contributed by atoms with E-state index in [1.165, 1.54) is 6.26 Å². The fourth-order valence-electron chi connectivity index (χ4n) is 4.52. The Morgan fingerprint density at radius 1 is 1.09 bits per heavy atom. The van der Waals surface area contributed by atoms with Crippen LogP contribution >= 0.6 is 11.6 Å². The molecule has 1 aliphatic rings. The van der Waals surface area contributed by atoms with Crippen LogP contribution in [0.3, 0.4) is 0 Å². The molecule has 0 radical (unpaired) electrons. The molecule has 4 aromatic rings. The molecule has 1 aromatic carbocycles. The van der Waals surface area contributed by atoms with Crippen molar-refractivity contribution in [3.8, 4) is 0 Å². The molecule has 0 aliphatic heterocycles. The zero-order valence-corrected chi connectivity index (χ0v) is 19.7. The van der Waals surface area contributed by atoms with Crippen LogP contribution in [-0.4, -0.2) is 39.1 Å². The van der Waals surface area contributed by atoms with Gasteiger partial charge in [-0.2, -0.15) is 0 Å². The molecule has 0 spiro atoms. The van der Waals surface area contributed by atoms with Gasteiger partial charge in [0, 0.05) is 46.2 Å². The minimum absolute atomic E-state index is 0.0426. The van der Waals surface area contributed by atoms with Crippen LogP contribution in [0.2, 0.25) is 5.02 Å². The first-order chi connectivity index (χ1) is 15.2. The Morgan fingerprint density at radius 3 is 2.59 bits per heavy atom. The molecule has 0 unspecified atom stereocenters. The van der Waals surface area contributed by atoms with Crippen LogP contribution in [0, 0.1) is 0 Å². The summed E-state index contributed by atoms with van der Waals surface area (Å²) in [7, 11) is -3.05. The largest absolute Gasteiger partial charge is 0.343 e. The van der Waals surface area contributed by atoms with Crippen LogP contribution in [0.15, 0.2) is 47.5 Å². The lowest BCUT2D eigenvalue weighted by Crippen LogP contribution is -2.30. The van der Waals surface area contributed by atoms with Gasteiger partial charge in [0.1, 0.15) is 9.84 Å². The normalized spacial score (nSPS) is 15.6. The van der Waals surface area contributed by atoms with E-state index in [2.05, 4.69) is 16.5 Å². The molecule has 3 heterocycles. The van der Waals surface area contributed by atoms with E-state index in [0.717, 1.165) is 40.5 Å². The summed E-state index contributed by atoms with van der Waals surface area (Å²) in [5, 5.41) is 1.60. The summed E-state index contributed by atoms with van der Waals surface area (Å²) in [6, 6.07) is 9.61. The standard InChI is InChI=1S/C23H25ClN4O3S/c1-23(7-8-23)28-20-6-9-25-14-21(20)27(22(28)29)15-18-13-16-12-17(24)4-5-19(16)26(18)10-3-11-32(2,30)31/h4-6,9,12-14H,3,7-8,10-11,15H2,1-2H3. The van der Waals surface area contributed by atoms with Gasteiger partial charge in [-0.25, -0.2) is 13.2 Å². The van der Waals surface area contributed by atoms with Gasteiger partial charge in [-0.05, 0) is 56.5 Å². The fourth-order valence-corrected chi connectivity index (χ4v) is 5.36. The van der Waals surface area contributed by atoms with Crippen LogP contribution in [0.25, 0.3) is 21.9 Å². The van der Waals surface area contributed by atoms with E-state index in [9.17, 15) is 13.2 Å². The van der Waals surface area contributed by atoms with Gasteiger partial charge in [0.2, 0.25) is 0 Å². The van der Waals surface area contributed by atoms with Crippen LogP contribution in [0.1, 0.15) is 31.9 Å². The number of halogens is 1. The zero-order valence-electron chi connectivity index (χ0n) is 18.1. The van der Waals surface area contributed by atoms with Gasteiger partial charge < -0.3 is 4.57 Å². The number of aromatic nitrogens is 4. The number of sulfone groups is 1. The second kappa shape index (κ2) is 7.49. The lowest BCUT2D eigenvalue weighted by Gasteiger charge is -2.12. The highest BCUT2D eigenvalue weighted by atomic mass is 35.5. The third-order valence-corrected chi connectivity index (χ3v) is 7.68. The van der Waals surface area contributed by atoms with Gasteiger partial charge in [0.25, 0.3) is 0 Å². The van der Waals surface area contributed by atoms with Crippen molar-refractivity contribution >= 4 is 43.4 Å². The highest BCUT2D eigenvalue weighted by molar-refractivity contribution is 7.90. The van der Waals surface area contributed by atoms with Crippen molar-refractivity contribution in [3.05, 3.63) is 63.9 Å². The molecular formula is C23H25ClN4O3S. The molecule has 3 aromatic heterocycles. The first-order valence-corrected chi connectivity index (χ1v) is 13.1. The van der Waals surface area contributed by atoms with Crippen LogP contribution in [-0.2, 0) is 28.5 Å². The van der Waals surface area contributed by atoms with Gasteiger partial charge in [0.05, 0.1) is 29.5 Å². The van der Waals surface area contributed by atoms with E-state index < -0.39 is 9.84 Å². The Labute approximate surface area is 191 Å². The number of hydrogen-bond acceptors (Lipinski definition) is 4. The third-order valence-electron chi connectivity index (χ3n) is 6.41. The highest BCUT2D eigenvalue weighted by Crippen LogP contribution is 2.43. The van der Waals surface area contributed by atoms with Gasteiger partial charge in [-0.15, -0.1) is 0 Å². The summed E-state index contributed by atoms with van der Waals surface area (Å²) in [4.78, 5) is 17.8. The van der Waals surface area contributed by atoms with Crippen molar-refractivity contribution in [1.29, 1.82) is 0 Å². The zero-order chi connectivity index (χ0) is 22.7. The average Bonchev–Trinajstić information content (AvgIpc) is 3.27. The molecule has 0 bridgehead atoms. The molecule has 9 heteroatoms. The molecule has 0 saturated heterocycles. The maximum absolute atomic E-state index is 13.5. The molecule has 5 rings (SSSR count). The predicted molar refractivity (Wildman–Crippen MR) is 127 cm³/mol. The van der Waals surface area contributed by atoms with E-state index >= 15 is 0 Å². The minimum Gasteiger partial charge on any atom is -0.343 e. The van der Waals surface area contributed by atoms with Crippen molar-refractivity contribution in [3.63, 3.8) is 0 Å². The number of rotatable bonds is 7. The molecule has 1 aliphatic carbocycles. The number of pyridine rings is 1. The van der Waals surface area contributed by atoms with Gasteiger partial charge >= 0.3 is 5.69 Å².